The third-order valence-corrected chi connectivity index (χ3v) is 4.77. The third-order valence-electron chi connectivity index (χ3n) is 3.54. The highest BCUT2D eigenvalue weighted by Crippen LogP contribution is 2.35. The summed E-state index contributed by atoms with van der Waals surface area (Å²) in [6.07, 6.45) is 6.27. The maximum Gasteiger partial charge on any atom is 0.0931 e. The molecule has 0 radical (unpaired) electrons. The van der Waals surface area contributed by atoms with Gasteiger partial charge in [0.05, 0.1) is 4.34 Å². The van der Waals surface area contributed by atoms with Gasteiger partial charge >= 0.3 is 0 Å². The Hall–Kier alpha value is -0.0500. The van der Waals surface area contributed by atoms with E-state index in [9.17, 15) is 0 Å². The number of halogens is 1. The molecular weight excluding hydrogens is 250 g/mol. The molecule has 1 unspecified atom stereocenters. The summed E-state index contributed by atoms with van der Waals surface area (Å²) in [6.45, 7) is 5.67. The molecular formula is C14H24ClNS. The quantitative estimate of drug-likeness (QED) is 0.721. The van der Waals surface area contributed by atoms with E-state index < -0.39 is 0 Å². The normalized spacial score (nSPS) is 14.8. The molecule has 98 valence electrons. The van der Waals surface area contributed by atoms with Gasteiger partial charge in [0.15, 0.2) is 0 Å². The standard InChI is InChI=1S/C14H24ClNS/c1-4-6-9-14(5-2,11-16-3)10-12-7-8-13(15)17-12/h7-8,16H,4-6,9-11H2,1-3H3. The van der Waals surface area contributed by atoms with Crippen LogP contribution in [0.2, 0.25) is 4.34 Å². The van der Waals surface area contributed by atoms with E-state index in [1.54, 1.807) is 11.3 Å². The van der Waals surface area contributed by atoms with E-state index >= 15 is 0 Å². The van der Waals surface area contributed by atoms with Crippen LogP contribution in [-0.4, -0.2) is 13.6 Å². The number of nitrogens with one attached hydrogen (secondary N) is 1. The maximum absolute atomic E-state index is 6.02. The minimum atomic E-state index is 0.402. The highest BCUT2D eigenvalue weighted by molar-refractivity contribution is 7.16. The maximum atomic E-state index is 6.02. The molecule has 1 aromatic heterocycles. The van der Waals surface area contributed by atoms with Crippen LogP contribution in [0.1, 0.15) is 44.4 Å². The van der Waals surface area contributed by atoms with Crippen molar-refractivity contribution in [3.8, 4) is 0 Å². The number of hydrogen-bond donors (Lipinski definition) is 1. The molecule has 0 spiro atoms. The Morgan fingerprint density at radius 2 is 2.12 bits per heavy atom. The molecule has 0 saturated carbocycles. The van der Waals surface area contributed by atoms with Crippen molar-refractivity contribution in [2.75, 3.05) is 13.6 Å². The van der Waals surface area contributed by atoms with Crippen LogP contribution in [-0.2, 0) is 6.42 Å². The van der Waals surface area contributed by atoms with E-state index in [-0.39, 0.29) is 0 Å². The van der Waals surface area contributed by atoms with E-state index in [2.05, 4.69) is 32.3 Å². The first kappa shape index (κ1) is 15.0. The Morgan fingerprint density at radius 1 is 1.35 bits per heavy atom. The average Bonchev–Trinajstić information content (AvgIpc) is 2.72. The number of hydrogen-bond acceptors (Lipinski definition) is 2. The predicted molar refractivity (Wildman–Crippen MR) is 79.2 cm³/mol. The summed E-state index contributed by atoms with van der Waals surface area (Å²) in [6, 6.07) is 4.19. The van der Waals surface area contributed by atoms with Crippen molar-refractivity contribution in [2.45, 2.75) is 46.0 Å². The lowest BCUT2D eigenvalue weighted by Gasteiger charge is -2.32. The van der Waals surface area contributed by atoms with E-state index in [4.69, 9.17) is 11.6 Å². The second kappa shape index (κ2) is 7.40. The molecule has 1 rings (SSSR count). The summed E-state index contributed by atoms with van der Waals surface area (Å²) < 4.78 is 0.907. The van der Waals surface area contributed by atoms with Gasteiger partial charge < -0.3 is 5.32 Å². The van der Waals surface area contributed by atoms with E-state index in [1.807, 2.05) is 6.07 Å². The Labute approximate surface area is 115 Å². The van der Waals surface area contributed by atoms with Crippen LogP contribution in [0, 0.1) is 5.41 Å². The summed E-state index contributed by atoms with van der Waals surface area (Å²) in [5, 5.41) is 3.37. The number of rotatable bonds is 8. The summed E-state index contributed by atoms with van der Waals surface area (Å²) in [7, 11) is 2.05. The topological polar surface area (TPSA) is 12.0 Å². The fourth-order valence-electron chi connectivity index (χ4n) is 2.41. The van der Waals surface area contributed by atoms with Crippen molar-refractivity contribution in [1.82, 2.24) is 5.32 Å². The Balaban J connectivity index is 2.73. The van der Waals surface area contributed by atoms with Crippen LogP contribution in [0.25, 0.3) is 0 Å². The molecule has 0 aliphatic rings. The fourth-order valence-corrected chi connectivity index (χ4v) is 3.67. The Kier molecular flexibility index (Phi) is 6.53. The molecule has 1 atom stereocenters. The van der Waals surface area contributed by atoms with Gasteiger partial charge in [0.25, 0.3) is 0 Å². The van der Waals surface area contributed by atoms with Crippen LogP contribution < -0.4 is 5.32 Å². The number of thiophene rings is 1. The van der Waals surface area contributed by atoms with Crippen LogP contribution in [0.3, 0.4) is 0 Å². The third kappa shape index (κ3) is 4.61. The zero-order chi connectivity index (χ0) is 12.7. The minimum Gasteiger partial charge on any atom is -0.319 e. The van der Waals surface area contributed by atoms with Gasteiger partial charge in [-0.25, -0.2) is 0 Å². The summed E-state index contributed by atoms with van der Waals surface area (Å²) in [5.74, 6) is 0. The molecule has 1 heterocycles. The molecule has 17 heavy (non-hydrogen) atoms. The molecule has 3 heteroatoms. The second-order valence-corrected chi connectivity index (χ2v) is 6.67. The van der Waals surface area contributed by atoms with Gasteiger partial charge in [0.2, 0.25) is 0 Å². The zero-order valence-electron chi connectivity index (χ0n) is 11.2. The summed E-state index contributed by atoms with van der Waals surface area (Å²) in [4.78, 5) is 1.42. The fraction of sp³-hybridized carbons (Fsp3) is 0.714. The Bertz CT molecular complexity index is 324. The van der Waals surface area contributed by atoms with Crippen LogP contribution in [0.15, 0.2) is 12.1 Å². The molecule has 0 aliphatic heterocycles. The first-order valence-electron chi connectivity index (χ1n) is 6.54. The van der Waals surface area contributed by atoms with Crippen molar-refractivity contribution < 1.29 is 0 Å². The molecule has 0 saturated heterocycles. The van der Waals surface area contributed by atoms with E-state index in [1.165, 1.54) is 30.6 Å². The highest BCUT2D eigenvalue weighted by atomic mass is 35.5. The van der Waals surface area contributed by atoms with Crippen molar-refractivity contribution >= 4 is 22.9 Å². The molecule has 0 fully saturated rings. The van der Waals surface area contributed by atoms with Gasteiger partial charge in [-0.3, -0.25) is 0 Å². The SMILES string of the molecule is CCCCC(CC)(CNC)Cc1ccc(Cl)s1. The van der Waals surface area contributed by atoms with Crippen LogP contribution >= 0.6 is 22.9 Å². The van der Waals surface area contributed by atoms with E-state index in [0.717, 1.165) is 17.3 Å². The molecule has 1 nitrogen and oxygen atoms in total. The van der Waals surface area contributed by atoms with Crippen molar-refractivity contribution in [3.63, 3.8) is 0 Å². The van der Waals surface area contributed by atoms with Crippen LogP contribution in [0.5, 0.6) is 0 Å². The van der Waals surface area contributed by atoms with Crippen molar-refractivity contribution in [3.05, 3.63) is 21.3 Å². The lowest BCUT2D eigenvalue weighted by atomic mass is 9.77. The van der Waals surface area contributed by atoms with Crippen molar-refractivity contribution in [2.24, 2.45) is 5.41 Å². The monoisotopic (exact) mass is 273 g/mol. The number of unbranched alkanes of at least 4 members (excludes halogenated alkanes) is 1. The molecule has 0 amide bonds. The average molecular weight is 274 g/mol. The predicted octanol–water partition coefficient (Wildman–Crippen LogP) is 4.75. The van der Waals surface area contributed by atoms with Gasteiger partial charge in [0.1, 0.15) is 0 Å². The second-order valence-electron chi connectivity index (χ2n) is 4.87. The molecule has 0 aliphatic carbocycles. The van der Waals surface area contributed by atoms with Gasteiger partial charge in [-0.15, -0.1) is 11.3 Å². The highest BCUT2D eigenvalue weighted by Gasteiger charge is 2.27. The first-order chi connectivity index (χ1) is 8.15. The van der Waals surface area contributed by atoms with Gasteiger partial charge in [-0.2, -0.15) is 0 Å². The van der Waals surface area contributed by atoms with Gasteiger partial charge in [0, 0.05) is 11.4 Å². The molecule has 0 bridgehead atoms. The first-order valence-corrected chi connectivity index (χ1v) is 7.74. The summed E-state index contributed by atoms with van der Waals surface area (Å²) >= 11 is 7.74. The van der Waals surface area contributed by atoms with E-state index in [0.29, 0.717) is 5.41 Å². The molecule has 0 aromatic carbocycles. The van der Waals surface area contributed by atoms with Crippen molar-refractivity contribution in [1.29, 1.82) is 0 Å². The van der Waals surface area contributed by atoms with Gasteiger partial charge in [-0.1, -0.05) is 38.3 Å². The van der Waals surface area contributed by atoms with Crippen LogP contribution in [0.4, 0.5) is 0 Å². The minimum absolute atomic E-state index is 0.402. The molecule has 1 N–H and O–H groups in total. The zero-order valence-corrected chi connectivity index (χ0v) is 12.8. The van der Waals surface area contributed by atoms with Gasteiger partial charge in [-0.05, 0) is 43.9 Å². The summed E-state index contributed by atoms with van der Waals surface area (Å²) in [5.41, 5.74) is 0.402. The Morgan fingerprint density at radius 3 is 2.59 bits per heavy atom. The largest absolute Gasteiger partial charge is 0.319 e. The lowest BCUT2D eigenvalue weighted by Crippen LogP contribution is -2.34. The lowest BCUT2D eigenvalue weighted by molar-refractivity contribution is 0.236. The smallest absolute Gasteiger partial charge is 0.0931 e. The molecule has 1 aromatic rings.